The van der Waals surface area contributed by atoms with Gasteiger partial charge < -0.3 is 9.84 Å². The number of ether oxygens (including phenoxy) is 1. The zero-order valence-corrected chi connectivity index (χ0v) is 10.0. The van der Waals surface area contributed by atoms with E-state index in [2.05, 4.69) is 4.37 Å². The van der Waals surface area contributed by atoms with Gasteiger partial charge in [0.05, 0.1) is 12.8 Å². The van der Waals surface area contributed by atoms with Gasteiger partial charge in [-0.3, -0.25) is 0 Å². The number of methoxy groups -OCH3 is 1. The van der Waals surface area contributed by atoms with Crippen molar-refractivity contribution in [1.29, 1.82) is 0 Å². The minimum Gasteiger partial charge on any atom is -0.497 e. The lowest BCUT2D eigenvalue weighted by molar-refractivity contribution is 0.0702. The smallest absolute Gasteiger partial charge is 0.347 e. The Bertz CT molecular complexity index is 519. The number of carboxylic acids is 1. The molecule has 0 aliphatic heterocycles. The SMILES string of the molecule is COc1ccc(Cc2cc(C(=O)O)sn2)cc1. The highest BCUT2D eigenvalue weighted by Crippen LogP contribution is 2.16. The van der Waals surface area contributed by atoms with E-state index in [1.54, 1.807) is 13.2 Å². The average Bonchev–Trinajstić information content (AvgIpc) is 2.79. The molecule has 0 aliphatic carbocycles. The summed E-state index contributed by atoms with van der Waals surface area (Å²) in [6.07, 6.45) is 0.633. The number of carbonyl (C=O) groups is 1. The van der Waals surface area contributed by atoms with Crippen LogP contribution in [0, 0.1) is 0 Å². The second-order valence-electron chi connectivity index (χ2n) is 3.51. The molecule has 0 unspecified atom stereocenters. The lowest BCUT2D eigenvalue weighted by Crippen LogP contribution is -1.91. The number of aromatic nitrogens is 1. The van der Waals surface area contributed by atoms with Crippen LogP contribution in [0.1, 0.15) is 20.9 Å². The molecule has 17 heavy (non-hydrogen) atoms. The third kappa shape index (κ3) is 2.82. The first-order valence-electron chi connectivity index (χ1n) is 5.01. The lowest BCUT2D eigenvalue weighted by atomic mass is 10.1. The standard InChI is InChI=1S/C12H11NO3S/c1-16-10-4-2-8(3-5-10)6-9-7-11(12(14)15)17-13-9/h2-5,7H,6H2,1H3,(H,14,15). The van der Waals surface area contributed by atoms with Gasteiger partial charge in [-0.1, -0.05) is 12.1 Å². The van der Waals surface area contributed by atoms with Crippen LogP contribution in [0.5, 0.6) is 5.75 Å². The average molecular weight is 249 g/mol. The highest BCUT2D eigenvalue weighted by Gasteiger charge is 2.08. The summed E-state index contributed by atoms with van der Waals surface area (Å²) >= 11 is 1.01. The molecule has 1 aromatic carbocycles. The molecule has 0 saturated carbocycles. The van der Waals surface area contributed by atoms with Crippen LogP contribution in [0.4, 0.5) is 0 Å². The fraction of sp³-hybridized carbons (Fsp3) is 0.167. The topological polar surface area (TPSA) is 59.4 Å². The molecule has 1 N–H and O–H groups in total. The van der Waals surface area contributed by atoms with E-state index in [9.17, 15) is 4.79 Å². The summed E-state index contributed by atoms with van der Waals surface area (Å²) < 4.78 is 9.17. The predicted octanol–water partition coefficient (Wildman–Crippen LogP) is 2.44. The summed E-state index contributed by atoms with van der Waals surface area (Å²) in [6.45, 7) is 0. The Hall–Kier alpha value is -1.88. The highest BCUT2D eigenvalue weighted by molar-refractivity contribution is 7.08. The second-order valence-corrected chi connectivity index (χ2v) is 4.32. The van der Waals surface area contributed by atoms with Gasteiger partial charge in [-0.05, 0) is 35.3 Å². The van der Waals surface area contributed by atoms with Crippen molar-refractivity contribution in [3.8, 4) is 5.75 Å². The Labute approximate surface area is 103 Å². The fourth-order valence-electron chi connectivity index (χ4n) is 1.45. The second kappa shape index (κ2) is 4.97. The van der Waals surface area contributed by atoms with E-state index in [0.29, 0.717) is 6.42 Å². The van der Waals surface area contributed by atoms with Crippen LogP contribution >= 0.6 is 11.5 Å². The Balaban J connectivity index is 2.11. The van der Waals surface area contributed by atoms with Gasteiger partial charge in [0, 0.05) is 6.42 Å². The molecule has 0 saturated heterocycles. The van der Waals surface area contributed by atoms with Crippen LogP contribution < -0.4 is 4.74 Å². The summed E-state index contributed by atoms with van der Waals surface area (Å²) in [5.74, 6) is -0.123. The van der Waals surface area contributed by atoms with Gasteiger partial charge in [-0.2, -0.15) is 4.37 Å². The molecule has 88 valence electrons. The van der Waals surface area contributed by atoms with Crippen molar-refractivity contribution in [2.75, 3.05) is 7.11 Å². The van der Waals surface area contributed by atoms with Crippen molar-refractivity contribution in [2.24, 2.45) is 0 Å². The van der Waals surface area contributed by atoms with E-state index in [0.717, 1.165) is 28.5 Å². The van der Waals surface area contributed by atoms with Crippen molar-refractivity contribution in [3.05, 3.63) is 46.5 Å². The highest BCUT2D eigenvalue weighted by atomic mass is 32.1. The molecule has 1 heterocycles. The lowest BCUT2D eigenvalue weighted by Gasteiger charge is -2.01. The third-order valence-electron chi connectivity index (χ3n) is 2.31. The molecular formula is C12H11NO3S. The molecular weight excluding hydrogens is 238 g/mol. The molecule has 0 amide bonds. The molecule has 5 heteroatoms. The van der Waals surface area contributed by atoms with Crippen molar-refractivity contribution in [3.63, 3.8) is 0 Å². The minimum atomic E-state index is -0.927. The molecule has 0 fully saturated rings. The Morgan fingerprint density at radius 1 is 1.41 bits per heavy atom. The van der Waals surface area contributed by atoms with Crippen molar-refractivity contribution >= 4 is 17.5 Å². The van der Waals surface area contributed by atoms with Crippen LogP contribution in [0.15, 0.2) is 30.3 Å². The predicted molar refractivity (Wildman–Crippen MR) is 64.9 cm³/mol. The largest absolute Gasteiger partial charge is 0.497 e. The van der Waals surface area contributed by atoms with E-state index in [1.807, 2.05) is 24.3 Å². The van der Waals surface area contributed by atoms with E-state index in [1.165, 1.54) is 0 Å². The van der Waals surface area contributed by atoms with Crippen LogP contribution in [0.3, 0.4) is 0 Å². The first-order valence-corrected chi connectivity index (χ1v) is 5.78. The van der Waals surface area contributed by atoms with Crippen molar-refractivity contribution < 1.29 is 14.6 Å². The van der Waals surface area contributed by atoms with Gasteiger partial charge in [-0.25, -0.2) is 4.79 Å². The van der Waals surface area contributed by atoms with Crippen LogP contribution in [0.2, 0.25) is 0 Å². The maximum absolute atomic E-state index is 10.7. The Morgan fingerprint density at radius 3 is 2.65 bits per heavy atom. The van der Waals surface area contributed by atoms with Crippen molar-refractivity contribution in [2.45, 2.75) is 6.42 Å². The quantitative estimate of drug-likeness (QED) is 0.904. The van der Waals surface area contributed by atoms with Crippen molar-refractivity contribution in [1.82, 2.24) is 4.37 Å². The first kappa shape index (κ1) is 11.6. The summed E-state index contributed by atoms with van der Waals surface area (Å²) in [5, 5.41) is 8.79. The number of hydrogen-bond donors (Lipinski definition) is 1. The fourth-order valence-corrected chi connectivity index (χ4v) is 2.05. The molecule has 2 rings (SSSR count). The molecule has 4 nitrogen and oxygen atoms in total. The third-order valence-corrected chi connectivity index (χ3v) is 3.13. The number of carboxylic acid groups (broad SMARTS) is 1. The van der Waals surface area contributed by atoms with Gasteiger partial charge in [-0.15, -0.1) is 0 Å². The molecule has 2 aromatic rings. The maximum Gasteiger partial charge on any atom is 0.347 e. The molecule has 0 bridgehead atoms. The summed E-state index contributed by atoms with van der Waals surface area (Å²) in [7, 11) is 1.62. The summed E-state index contributed by atoms with van der Waals surface area (Å²) in [4.78, 5) is 11.0. The van der Waals surface area contributed by atoms with Gasteiger partial charge >= 0.3 is 5.97 Å². The molecule has 0 aliphatic rings. The molecule has 0 spiro atoms. The van der Waals surface area contributed by atoms with Gasteiger partial charge in [0.25, 0.3) is 0 Å². The Kier molecular flexibility index (Phi) is 3.39. The Morgan fingerprint density at radius 2 is 2.12 bits per heavy atom. The van der Waals surface area contributed by atoms with Crippen LogP contribution in [0.25, 0.3) is 0 Å². The maximum atomic E-state index is 10.7. The number of nitrogens with zero attached hydrogens (tertiary/aromatic N) is 1. The van der Waals surface area contributed by atoms with Crippen LogP contribution in [-0.4, -0.2) is 22.6 Å². The zero-order chi connectivity index (χ0) is 12.3. The van der Waals surface area contributed by atoms with Gasteiger partial charge in [0.2, 0.25) is 0 Å². The summed E-state index contributed by atoms with van der Waals surface area (Å²) in [5.41, 5.74) is 1.85. The van der Waals surface area contributed by atoms with E-state index < -0.39 is 5.97 Å². The molecule has 0 radical (unpaired) electrons. The minimum absolute atomic E-state index is 0.272. The first-order chi connectivity index (χ1) is 8.19. The number of aromatic carboxylic acids is 1. The monoisotopic (exact) mass is 249 g/mol. The number of hydrogen-bond acceptors (Lipinski definition) is 4. The number of rotatable bonds is 4. The molecule has 1 aromatic heterocycles. The summed E-state index contributed by atoms with van der Waals surface area (Å²) in [6, 6.07) is 9.24. The van der Waals surface area contributed by atoms with E-state index in [-0.39, 0.29) is 4.88 Å². The normalized spacial score (nSPS) is 10.2. The van der Waals surface area contributed by atoms with E-state index >= 15 is 0 Å². The zero-order valence-electron chi connectivity index (χ0n) is 9.21. The molecule has 0 atom stereocenters. The number of benzene rings is 1. The van der Waals surface area contributed by atoms with E-state index in [4.69, 9.17) is 9.84 Å². The van der Waals surface area contributed by atoms with Crippen LogP contribution in [-0.2, 0) is 6.42 Å². The van der Waals surface area contributed by atoms with Gasteiger partial charge in [0.1, 0.15) is 10.6 Å². The van der Waals surface area contributed by atoms with Gasteiger partial charge in [0.15, 0.2) is 0 Å².